The Balaban J connectivity index is 2.49. The van der Waals surface area contributed by atoms with Crippen molar-refractivity contribution in [3.05, 3.63) is 53.6 Å². The van der Waals surface area contributed by atoms with Crippen LogP contribution in [0.1, 0.15) is 15.9 Å². The van der Waals surface area contributed by atoms with E-state index in [2.05, 4.69) is 0 Å². The van der Waals surface area contributed by atoms with Crippen LogP contribution in [0, 0.1) is 6.92 Å². The van der Waals surface area contributed by atoms with Crippen molar-refractivity contribution in [2.45, 2.75) is 6.92 Å². The molecule has 2 aromatic carbocycles. The van der Waals surface area contributed by atoms with Crippen LogP contribution in [0.3, 0.4) is 0 Å². The molecule has 0 amide bonds. The maximum absolute atomic E-state index is 11.0. The third-order valence-corrected chi connectivity index (χ3v) is 3.01. The first kappa shape index (κ1) is 13.3. The first-order valence-electron chi connectivity index (χ1n) is 6.04. The van der Waals surface area contributed by atoms with Gasteiger partial charge in [0.05, 0.1) is 0 Å². The van der Waals surface area contributed by atoms with Gasteiger partial charge in [-0.05, 0) is 24.1 Å². The minimum Gasteiger partial charge on any atom is -0.467 e. The van der Waals surface area contributed by atoms with Gasteiger partial charge >= 0.3 is 0 Å². The Morgan fingerprint density at radius 3 is 2.53 bits per heavy atom. The molecule has 0 aliphatic rings. The van der Waals surface area contributed by atoms with Gasteiger partial charge in [0, 0.05) is 18.2 Å². The summed E-state index contributed by atoms with van der Waals surface area (Å²) in [6.07, 6.45) is 0.872. The summed E-state index contributed by atoms with van der Waals surface area (Å²) in [5.41, 5.74) is 3.60. The summed E-state index contributed by atoms with van der Waals surface area (Å²) < 4.78 is 10.5. The van der Waals surface area contributed by atoms with Crippen molar-refractivity contribution in [2.24, 2.45) is 0 Å². The topological polar surface area (TPSA) is 35.5 Å². The Morgan fingerprint density at radius 1 is 1.05 bits per heavy atom. The molecule has 0 heterocycles. The number of para-hydroxylation sites is 1. The molecular formula is C16H16O3. The van der Waals surface area contributed by atoms with Crippen molar-refractivity contribution in [3.8, 4) is 16.9 Å². The van der Waals surface area contributed by atoms with Gasteiger partial charge in [0.15, 0.2) is 6.79 Å². The number of hydrogen-bond acceptors (Lipinski definition) is 3. The molecule has 0 radical (unpaired) electrons. The average Bonchev–Trinajstić information content (AvgIpc) is 2.46. The van der Waals surface area contributed by atoms with E-state index in [-0.39, 0.29) is 6.79 Å². The van der Waals surface area contributed by atoms with Gasteiger partial charge in [-0.2, -0.15) is 0 Å². The van der Waals surface area contributed by atoms with Crippen LogP contribution >= 0.6 is 0 Å². The summed E-state index contributed by atoms with van der Waals surface area (Å²) in [6, 6.07) is 13.4. The molecule has 0 N–H and O–H groups in total. The van der Waals surface area contributed by atoms with E-state index in [1.54, 1.807) is 7.11 Å². The molecule has 0 unspecified atom stereocenters. The Hall–Kier alpha value is -2.13. The fraction of sp³-hybridized carbons (Fsp3) is 0.188. The first-order valence-corrected chi connectivity index (χ1v) is 6.04. The zero-order valence-corrected chi connectivity index (χ0v) is 11.1. The highest BCUT2D eigenvalue weighted by Gasteiger charge is 2.10. The van der Waals surface area contributed by atoms with Gasteiger partial charge in [0.25, 0.3) is 0 Å². The summed E-state index contributed by atoms with van der Waals surface area (Å²) in [6.45, 7) is 2.13. The highest BCUT2D eigenvalue weighted by molar-refractivity contribution is 5.84. The highest BCUT2D eigenvalue weighted by atomic mass is 16.7. The summed E-state index contributed by atoms with van der Waals surface area (Å²) in [5, 5.41) is 0. The second kappa shape index (κ2) is 6.16. The lowest BCUT2D eigenvalue weighted by molar-refractivity contribution is 0.0515. The number of aldehydes is 1. The zero-order chi connectivity index (χ0) is 13.7. The minimum atomic E-state index is 0.198. The van der Waals surface area contributed by atoms with Crippen LogP contribution in [0.2, 0.25) is 0 Å². The van der Waals surface area contributed by atoms with Crippen molar-refractivity contribution in [2.75, 3.05) is 13.9 Å². The predicted molar refractivity (Wildman–Crippen MR) is 74.5 cm³/mol. The summed E-state index contributed by atoms with van der Waals surface area (Å²) in [5.74, 6) is 0.746. The van der Waals surface area contributed by atoms with Gasteiger partial charge in [-0.1, -0.05) is 36.4 Å². The molecule has 19 heavy (non-hydrogen) atoms. The summed E-state index contributed by atoms with van der Waals surface area (Å²) >= 11 is 0. The summed E-state index contributed by atoms with van der Waals surface area (Å²) in [7, 11) is 1.58. The monoisotopic (exact) mass is 256 g/mol. The zero-order valence-electron chi connectivity index (χ0n) is 11.1. The van der Waals surface area contributed by atoms with E-state index in [0.29, 0.717) is 5.56 Å². The smallest absolute Gasteiger partial charge is 0.188 e. The maximum Gasteiger partial charge on any atom is 0.188 e. The van der Waals surface area contributed by atoms with Gasteiger partial charge in [0.1, 0.15) is 12.0 Å². The minimum absolute atomic E-state index is 0.198. The van der Waals surface area contributed by atoms with E-state index in [1.807, 2.05) is 49.4 Å². The molecular weight excluding hydrogens is 240 g/mol. The van der Waals surface area contributed by atoms with Crippen LogP contribution in [0.25, 0.3) is 11.1 Å². The van der Waals surface area contributed by atoms with Gasteiger partial charge < -0.3 is 9.47 Å². The highest BCUT2D eigenvalue weighted by Crippen LogP contribution is 2.32. The Morgan fingerprint density at radius 2 is 1.79 bits per heavy atom. The molecule has 0 aliphatic heterocycles. The number of methoxy groups -OCH3 is 1. The number of carbonyl (C=O) groups excluding carboxylic acids is 1. The predicted octanol–water partition coefficient (Wildman–Crippen LogP) is 3.46. The van der Waals surface area contributed by atoms with Crippen molar-refractivity contribution in [1.82, 2.24) is 0 Å². The van der Waals surface area contributed by atoms with Gasteiger partial charge in [-0.15, -0.1) is 0 Å². The molecule has 0 aromatic heterocycles. The SMILES string of the molecule is COCOc1ccccc1-c1cccc(C=O)c1C. The maximum atomic E-state index is 11.0. The fourth-order valence-electron chi connectivity index (χ4n) is 2.01. The van der Waals surface area contributed by atoms with Crippen molar-refractivity contribution in [1.29, 1.82) is 0 Å². The molecule has 0 aliphatic carbocycles. The number of ether oxygens (including phenoxy) is 2. The first-order chi connectivity index (χ1) is 9.27. The lowest BCUT2D eigenvalue weighted by Crippen LogP contribution is -2.00. The Kier molecular flexibility index (Phi) is 4.31. The second-order valence-electron chi connectivity index (χ2n) is 4.18. The normalized spacial score (nSPS) is 10.2. The van der Waals surface area contributed by atoms with Crippen LogP contribution in [0.4, 0.5) is 0 Å². The summed E-state index contributed by atoms with van der Waals surface area (Å²) in [4.78, 5) is 11.0. The molecule has 0 saturated carbocycles. The van der Waals surface area contributed by atoms with Crippen LogP contribution in [0.15, 0.2) is 42.5 Å². The van der Waals surface area contributed by atoms with E-state index in [1.165, 1.54) is 0 Å². The molecule has 2 rings (SSSR count). The van der Waals surface area contributed by atoms with Crippen LogP contribution in [-0.2, 0) is 4.74 Å². The second-order valence-corrected chi connectivity index (χ2v) is 4.18. The Labute approximate surface area is 112 Å². The molecule has 0 saturated heterocycles. The molecule has 98 valence electrons. The third-order valence-electron chi connectivity index (χ3n) is 3.01. The van der Waals surface area contributed by atoms with Gasteiger partial charge in [0.2, 0.25) is 0 Å². The molecule has 3 nitrogen and oxygen atoms in total. The third kappa shape index (κ3) is 2.83. The standard InChI is InChI=1S/C16H16O3/c1-12-13(10-17)6-5-8-14(12)15-7-3-4-9-16(15)19-11-18-2/h3-10H,11H2,1-2H3. The van der Waals surface area contributed by atoms with E-state index in [4.69, 9.17) is 9.47 Å². The Bertz CT molecular complexity index is 576. The largest absolute Gasteiger partial charge is 0.467 e. The average molecular weight is 256 g/mol. The van der Waals surface area contributed by atoms with E-state index >= 15 is 0 Å². The number of hydrogen-bond donors (Lipinski definition) is 0. The van der Waals surface area contributed by atoms with E-state index in [0.717, 1.165) is 28.7 Å². The number of carbonyl (C=O) groups is 1. The van der Waals surface area contributed by atoms with Crippen molar-refractivity contribution >= 4 is 6.29 Å². The van der Waals surface area contributed by atoms with Crippen molar-refractivity contribution < 1.29 is 14.3 Å². The molecule has 3 heteroatoms. The fourth-order valence-corrected chi connectivity index (χ4v) is 2.01. The van der Waals surface area contributed by atoms with Crippen molar-refractivity contribution in [3.63, 3.8) is 0 Å². The molecule has 0 bridgehead atoms. The van der Waals surface area contributed by atoms with Crippen LogP contribution in [-0.4, -0.2) is 20.2 Å². The number of rotatable bonds is 5. The molecule has 0 atom stereocenters. The van der Waals surface area contributed by atoms with Gasteiger partial charge in [-0.25, -0.2) is 0 Å². The van der Waals surface area contributed by atoms with Gasteiger partial charge in [-0.3, -0.25) is 4.79 Å². The quantitative estimate of drug-likeness (QED) is 0.607. The lowest BCUT2D eigenvalue weighted by atomic mass is 9.96. The van der Waals surface area contributed by atoms with Crippen LogP contribution < -0.4 is 4.74 Å². The molecule has 2 aromatic rings. The molecule has 0 spiro atoms. The lowest BCUT2D eigenvalue weighted by Gasteiger charge is -2.13. The van der Waals surface area contributed by atoms with E-state index < -0.39 is 0 Å². The number of benzene rings is 2. The van der Waals surface area contributed by atoms with E-state index in [9.17, 15) is 4.79 Å². The molecule has 0 fully saturated rings. The van der Waals surface area contributed by atoms with Crippen LogP contribution in [0.5, 0.6) is 5.75 Å².